The molecule has 0 saturated heterocycles. The molecule has 1 N–H and O–H groups in total. The lowest BCUT2D eigenvalue weighted by Crippen LogP contribution is -2.48. The Bertz CT molecular complexity index is 861. The molecule has 0 saturated carbocycles. The van der Waals surface area contributed by atoms with Crippen molar-refractivity contribution < 1.29 is 9.59 Å². The van der Waals surface area contributed by atoms with E-state index in [-0.39, 0.29) is 11.8 Å². The van der Waals surface area contributed by atoms with E-state index in [0.29, 0.717) is 23.8 Å². The number of nitrogens with zero attached hydrogens (tertiary/aromatic N) is 1. The van der Waals surface area contributed by atoms with Gasteiger partial charge in [0.15, 0.2) is 0 Å². The molecule has 2 amide bonds. The van der Waals surface area contributed by atoms with E-state index in [9.17, 15) is 9.59 Å². The number of halogens is 1. The summed E-state index contributed by atoms with van der Waals surface area (Å²) < 4.78 is 0. The van der Waals surface area contributed by atoms with Gasteiger partial charge >= 0.3 is 0 Å². The Morgan fingerprint density at radius 1 is 1.12 bits per heavy atom. The average Bonchev–Trinajstić information content (AvgIpc) is 2.62. The molecule has 3 rings (SSSR count). The Morgan fingerprint density at radius 3 is 2.50 bits per heavy atom. The van der Waals surface area contributed by atoms with Crippen LogP contribution in [0.4, 0.5) is 5.69 Å². The lowest BCUT2D eigenvalue weighted by atomic mass is 9.88. The number of anilines is 1. The monoisotopic (exact) mass is 370 g/mol. The molecule has 1 aliphatic rings. The van der Waals surface area contributed by atoms with E-state index in [0.717, 1.165) is 17.5 Å². The van der Waals surface area contributed by atoms with Gasteiger partial charge in [0.25, 0.3) is 0 Å². The van der Waals surface area contributed by atoms with Gasteiger partial charge in [-0.15, -0.1) is 0 Å². The van der Waals surface area contributed by atoms with Crippen LogP contribution in [0.2, 0.25) is 5.02 Å². The van der Waals surface area contributed by atoms with E-state index in [2.05, 4.69) is 11.4 Å². The second-order valence-corrected chi connectivity index (χ2v) is 7.72. The minimum absolute atomic E-state index is 0.156. The molecule has 2 aromatic rings. The number of benzene rings is 2. The number of aryl methyl sites for hydroxylation is 1. The summed E-state index contributed by atoms with van der Waals surface area (Å²) in [4.78, 5) is 27.6. The van der Waals surface area contributed by atoms with E-state index in [1.807, 2.05) is 25.1 Å². The van der Waals surface area contributed by atoms with Gasteiger partial charge in [-0.1, -0.05) is 35.9 Å². The molecule has 0 aromatic heterocycles. The zero-order valence-electron chi connectivity index (χ0n) is 15.3. The molecule has 4 nitrogen and oxygen atoms in total. The number of carbonyl (C=O) groups is 2. The fraction of sp³-hybridized carbons (Fsp3) is 0.333. The van der Waals surface area contributed by atoms with Crippen LogP contribution in [0, 0.1) is 12.3 Å². The Kier molecular flexibility index (Phi) is 5.05. The van der Waals surface area contributed by atoms with E-state index in [1.165, 1.54) is 5.56 Å². The first-order valence-corrected chi connectivity index (χ1v) is 9.10. The third-order valence-electron chi connectivity index (χ3n) is 4.96. The van der Waals surface area contributed by atoms with E-state index in [1.54, 1.807) is 36.9 Å². The van der Waals surface area contributed by atoms with Gasteiger partial charge in [-0.05, 0) is 62.1 Å². The molecule has 1 heterocycles. The quantitative estimate of drug-likeness (QED) is 0.823. The van der Waals surface area contributed by atoms with Crippen molar-refractivity contribution in [2.24, 2.45) is 5.41 Å². The van der Waals surface area contributed by atoms with Crippen molar-refractivity contribution in [2.75, 3.05) is 11.9 Å². The molecule has 5 heteroatoms. The Hall–Kier alpha value is -2.33. The Morgan fingerprint density at radius 2 is 1.81 bits per heavy atom. The van der Waals surface area contributed by atoms with Gasteiger partial charge in [-0.3, -0.25) is 9.59 Å². The molecule has 0 spiro atoms. The van der Waals surface area contributed by atoms with Crippen molar-refractivity contribution in [2.45, 2.75) is 33.7 Å². The summed E-state index contributed by atoms with van der Waals surface area (Å²) >= 11 is 5.96. The minimum Gasteiger partial charge on any atom is -0.337 e. The highest BCUT2D eigenvalue weighted by Gasteiger charge is 2.40. The first-order valence-electron chi connectivity index (χ1n) is 8.73. The molecular formula is C21H23ClN2O2. The van der Waals surface area contributed by atoms with Crippen molar-refractivity contribution in [3.63, 3.8) is 0 Å². The number of hydrogen-bond donors (Lipinski definition) is 1. The maximum Gasteiger partial charge on any atom is 0.239 e. The predicted octanol–water partition coefficient (Wildman–Crippen LogP) is 4.20. The van der Waals surface area contributed by atoms with E-state index >= 15 is 0 Å². The normalized spacial score (nSPS) is 13.9. The van der Waals surface area contributed by atoms with Crippen molar-refractivity contribution in [3.8, 4) is 0 Å². The number of hydrogen-bond acceptors (Lipinski definition) is 2. The van der Waals surface area contributed by atoms with Crippen LogP contribution in [-0.4, -0.2) is 23.3 Å². The second-order valence-electron chi connectivity index (χ2n) is 7.28. The smallest absolute Gasteiger partial charge is 0.239 e. The van der Waals surface area contributed by atoms with Crippen LogP contribution in [0.15, 0.2) is 42.5 Å². The van der Waals surface area contributed by atoms with Crippen LogP contribution in [0.25, 0.3) is 0 Å². The van der Waals surface area contributed by atoms with Crippen LogP contribution >= 0.6 is 11.6 Å². The molecule has 0 radical (unpaired) electrons. The highest BCUT2D eigenvalue weighted by atomic mass is 35.5. The standard InChI is InChI=1S/C21H23ClN2O2/c1-14-12-17(22)8-9-18(14)23-19(25)21(2,3)20(26)24-11-10-15-6-4-5-7-16(15)13-24/h4-9,12H,10-11,13H2,1-3H3,(H,23,25). The van der Waals surface area contributed by atoms with Crippen LogP contribution in [0.5, 0.6) is 0 Å². The van der Waals surface area contributed by atoms with Crippen LogP contribution < -0.4 is 5.32 Å². The summed E-state index contributed by atoms with van der Waals surface area (Å²) in [6.07, 6.45) is 0.815. The Labute approximate surface area is 159 Å². The molecule has 0 atom stereocenters. The van der Waals surface area contributed by atoms with Gasteiger partial charge in [0, 0.05) is 23.8 Å². The molecule has 1 aliphatic heterocycles. The zero-order valence-corrected chi connectivity index (χ0v) is 16.1. The number of amides is 2. The zero-order chi connectivity index (χ0) is 18.9. The van der Waals surface area contributed by atoms with E-state index in [4.69, 9.17) is 11.6 Å². The molecular weight excluding hydrogens is 348 g/mol. The fourth-order valence-electron chi connectivity index (χ4n) is 3.21. The summed E-state index contributed by atoms with van der Waals surface area (Å²) in [5.74, 6) is -0.470. The van der Waals surface area contributed by atoms with Gasteiger partial charge in [0.1, 0.15) is 5.41 Å². The molecule has 2 aromatic carbocycles. The summed E-state index contributed by atoms with van der Waals surface area (Å²) in [6, 6.07) is 13.4. The third kappa shape index (κ3) is 3.61. The third-order valence-corrected chi connectivity index (χ3v) is 5.19. The van der Waals surface area contributed by atoms with Gasteiger partial charge in [0.2, 0.25) is 11.8 Å². The van der Waals surface area contributed by atoms with Crippen LogP contribution in [0.1, 0.15) is 30.5 Å². The average molecular weight is 371 g/mol. The molecule has 0 aliphatic carbocycles. The Balaban J connectivity index is 1.74. The highest BCUT2D eigenvalue weighted by Crippen LogP contribution is 2.28. The second kappa shape index (κ2) is 7.12. The molecule has 0 bridgehead atoms. The maximum absolute atomic E-state index is 13.0. The SMILES string of the molecule is Cc1cc(Cl)ccc1NC(=O)C(C)(C)C(=O)N1CCc2ccccc2C1. The first-order chi connectivity index (χ1) is 12.3. The van der Waals surface area contributed by atoms with Gasteiger partial charge < -0.3 is 10.2 Å². The van der Waals surface area contributed by atoms with Gasteiger partial charge in [-0.25, -0.2) is 0 Å². The first kappa shape index (κ1) is 18.5. The number of nitrogens with one attached hydrogen (secondary N) is 1. The van der Waals surface area contributed by atoms with Gasteiger partial charge in [-0.2, -0.15) is 0 Å². The fourth-order valence-corrected chi connectivity index (χ4v) is 3.43. The van der Waals surface area contributed by atoms with Crippen molar-refractivity contribution >= 4 is 29.1 Å². The molecule has 26 heavy (non-hydrogen) atoms. The topological polar surface area (TPSA) is 49.4 Å². The summed E-state index contributed by atoms with van der Waals surface area (Å²) in [6.45, 7) is 6.41. The lowest BCUT2D eigenvalue weighted by molar-refractivity contribution is -0.147. The molecule has 136 valence electrons. The molecule has 0 unspecified atom stereocenters. The van der Waals surface area contributed by atoms with E-state index < -0.39 is 5.41 Å². The summed E-state index contributed by atoms with van der Waals surface area (Å²) in [5, 5.41) is 3.49. The summed E-state index contributed by atoms with van der Waals surface area (Å²) in [5.41, 5.74) is 2.80. The minimum atomic E-state index is -1.15. The summed E-state index contributed by atoms with van der Waals surface area (Å²) in [7, 11) is 0. The number of rotatable bonds is 3. The largest absolute Gasteiger partial charge is 0.337 e. The van der Waals surface area contributed by atoms with Crippen LogP contribution in [-0.2, 0) is 22.6 Å². The molecule has 0 fully saturated rings. The predicted molar refractivity (Wildman–Crippen MR) is 104 cm³/mol. The van der Waals surface area contributed by atoms with Crippen LogP contribution in [0.3, 0.4) is 0 Å². The van der Waals surface area contributed by atoms with Crippen molar-refractivity contribution in [1.29, 1.82) is 0 Å². The number of carbonyl (C=O) groups excluding carboxylic acids is 2. The lowest BCUT2D eigenvalue weighted by Gasteiger charge is -2.34. The highest BCUT2D eigenvalue weighted by molar-refractivity contribution is 6.30. The van der Waals surface area contributed by atoms with Crippen molar-refractivity contribution in [1.82, 2.24) is 4.90 Å². The van der Waals surface area contributed by atoms with Gasteiger partial charge in [0.05, 0.1) is 0 Å². The van der Waals surface area contributed by atoms with Crippen molar-refractivity contribution in [3.05, 3.63) is 64.2 Å². The number of fused-ring (bicyclic) bond motifs is 1. The maximum atomic E-state index is 13.0.